The first-order valence-electron chi connectivity index (χ1n) is 6.06. The molecule has 1 aromatic carbocycles. The smallest absolute Gasteiger partial charge is 0.255 e. The summed E-state index contributed by atoms with van der Waals surface area (Å²) in [4.78, 5) is 12.1. The Labute approximate surface area is 112 Å². The Bertz CT molecular complexity index is 431. The number of rotatable bonds is 4. The Kier molecular flexibility index (Phi) is 4.44. The van der Waals surface area contributed by atoms with Crippen molar-refractivity contribution < 1.29 is 9.53 Å². The van der Waals surface area contributed by atoms with Crippen molar-refractivity contribution in [3.05, 3.63) is 28.8 Å². The molecule has 98 valence electrons. The monoisotopic (exact) mass is 268 g/mol. The maximum absolute atomic E-state index is 12.1. The first kappa shape index (κ1) is 13.2. The van der Waals surface area contributed by atoms with Crippen molar-refractivity contribution in [2.24, 2.45) is 0 Å². The van der Waals surface area contributed by atoms with Gasteiger partial charge >= 0.3 is 0 Å². The van der Waals surface area contributed by atoms with Gasteiger partial charge in [0.15, 0.2) is 0 Å². The molecule has 1 saturated heterocycles. The summed E-state index contributed by atoms with van der Waals surface area (Å²) in [7, 11) is 1.54. The minimum Gasteiger partial charge on any atom is -0.496 e. The number of halogens is 1. The largest absolute Gasteiger partial charge is 0.496 e. The average molecular weight is 269 g/mol. The van der Waals surface area contributed by atoms with E-state index in [0.717, 1.165) is 13.0 Å². The molecule has 0 spiro atoms. The summed E-state index contributed by atoms with van der Waals surface area (Å²) >= 11 is 5.90. The molecule has 0 bridgehead atoms. The zero-order valence-electron chi connectivity index (χ0n) is 10.3. The molecule has 4 nitrogen and oxygen atoms in total. The molecule has 1 unspecified atom stereocenters. The summed E-state index contributed by atoms with van der Waals surface area (Å²) in [6.45, 7) is 1.66. The molecule has 0 aliphatic carbocycles. The molecule has 2 rings (SSSR count). The first-order chi connectivity index (χ1) is 8.70. The van der Waals surface area contributed by atoms with Crippen molar-refractivity contribution >= 4 is 17.5 Å². The Morgan fingerprint density at radius 1 is 1.61 bits per heavy atom. The van der Waals surface area contributed by atoms with Gasteiger partial charge in [-0.25, -0.2) is 0 Å². The molecule has 2 N–H and O–H groups in total. The molecule has 1 fully saturated rings. The normalized spacial score (nSPS) is 18.7. The van der Waals surface area contributed by atoms with E-state index < -0.39 is 0 Å². The molecule has 1 atom stereocenters. The number of benzene rings is 1. The van der Waals surface area contributed by atoms with Gasteiger partial charge in [0.05, 0.1) is 12.7 Å². The van der Waals surface area contributed by atoms with E-state index in [4.69, 9.17) is 16.3 Å². The van der Waals surface area contributed by atoms with E-state index in [1.54, 1.807) is 25.3 Å². The number of ether oxygens (including phenoxy) is 1. The lowest BCUT2D eigenvalue weighted by atomic mass is 10.1. The van der Waals surface area contributed by atoms with Crippen LogP contribution in [0.15, 0.2) is 18.2 Å². The number of carbonyl (C=O) groups excluding carboxylic acids is 1. The molecule has 1 heterocycles. The summed E-state index contributed by atoms with van der Waals surface area (Å²) in [6.07, 6.45) is 2.27. The molecule has 0 saturated carbocycles. The van der Waals surface area contributed by atoms with E-state index in [1.807, 2.05) is 0 Å². The standard InChI is InChI=1S/C13H17ClN2O2/c1-18-12-5-4-9(14)7-11(12)13(17)16-8-10-3-2-6-15-10/h4-5,7,10,15H,2-3,6,8H2,1H3,(H,16,17). The van der Waals surface area contributed by atoms with Crippen molar-refractivity contribution in [2.75, 3.05) is 20.2 Å². The summed E-state index contributed by atoms with van der Waals surface area (Å²) in [6, 6.07) is 5.40. The van der Waals surface area contributed by atoms with Crippen molar-refractivity contribution in [3.63, 3.8) is 0 Å². The lowest BCUT2D eigenvalue weighted by molar-refractivity contribution is 0.0947. The number of hydrogen-bond donors (Lipinski definition) is 2. The number of methoxy groups -OCH3 is 1. The minimum atomic E-state index is -0.150. The molecule has 1 aliphatic rings. The maximum Gasteiger partial charge on any atom is 0.255 e. The quantitative estimate of drug-likeness (QED) is 0.876. The van der Waals surface area contributed by atoms with Crippen LogP contribution in [0.2, 0.25) is 5.02 Å². The van der Waals surface area contributed by atoms with E-state index in [-0.39, 0.29) is 5.91 Å². The van der Waals surface area contributed by atoms with E-state index >= 15 is 0 Å². The Morgan fingerprint density at radius 2 is 2.44 bits per heavy atom. The lowest BCUT2D eigenvalue weighted by Gasteiger charge is -2.13. The third-order valence-electron chi connectivity index (χ3n) is 3.08. The van der Waals surface area contributed by atoms with Gasteiger partial charge in [-0.15, -0.1) is 0 Å². The third kappa shape index (κ3) is 3.15. The Balaban J connectivity index is 2.00. The number of nitrogens with one attached hydrogen (secondary N) is 2. The van der Waals surface area contributed by atoms with Gasteiger partial charge in [-0.05, 0) is 37.6 Å². The topological polar surface area (TPSA) is 50.4 Å². The van der Waals surface area contributed by atoms with Crippen LogP contribution >= 0.6 is 11.6 Å². The summed E-state index contributed by atoms with van der Waals surface area (Å²) in [5.74, 6) is 0.388. The number of amides is 1. The van der Waals surface area contributed by atoms with Crippen molar-refractivity contribution in [1.82, 2.24) is 10.6 Å². The molecular weight excluding hydrogens is 252 g/mol. The molecule has 1 aromatic rings. The van der Waals surface area contributed by atoms with Crippen molar-refractivity contribution in [1.29, 1.82) is 0 Å². The zero-order valence-corrected chi connectivity index (χ0v) is 11.1. The highest BCUT2D eigenvalue weighted by molar-refractivity contribution is 6.31. The first-order valence-corrected chi connectivity index (χ1v) is 6.43. The highest BCUT2D eigenvalue weighted by Gasteiger charge is 2.17. The highest BCUT2D eigenvalue weighted by atomic mass is 35.5. The molecule has 0 aromatic heterocycles. The number of carbonyl (C=O) groups is 1. The lowest BCUT2D eigenvalue weighted by Crippen LogP contribution is -2.37. The summed E-state index contributed by atoms with van der Waals surface area (Å²) in [5, 5.41) is 6.76. The SMILES string of the molecule is COc1ccc(Cl)cc1C(=O)NCC1CCCN1. The molecule has 5 heteroatoms. The van der Waals surface area contributed by atoms with Crippen LogP contribution in [0.4, 0.5) is 0 Å². The second-order valence-corrected chi connectivity index (χ2v) is 4.78. The zero-order chi connectivity index (χ0) is 13.0. The number of hydrogen-bond acceptors (Lipinski definition) is 3. The van der Waals surface area contributed by atoms with Gasteiger partial charge in [0.25, 0.3) is 5.91 Å². The van der Waals surface area contributed by atoms with Gasteiger partial charge < -0.3 is 15.4 Å². The predicted octanol–water partition coefficient (Wildman–Crippen LogP) is 1.83. The van der Waals surface area contributed by atoms with Crippen LogP contribution in [0.5, 0.6) is 5.75 Å². The average Bonchev–Trinajstić information content (AvgIpc) is 2.89. The molecule has 1 amide bonds. The van der Waals surface area contributed by atoms with E-state index in [9.17, 15) is 4.79 Å². The molecular formula is C13H17ClN2O2. The maximum atomic E-state index is 12.1. The van der Waals surface area contributed by atoms with Crippen molar-refractivity contribution in [3.8, 4) is 5.75 Å². The van der Waals surface area contributed by atoms with Crippen LogP contribution in [-0.2, 0) is 0 Å². The minimum absolute atomic E-state index is 0.150. The molecule has 18 heavy (non-hydrogen) atoms. The van der Waals surface area contributed by atoms with Crippen LogP contribution in [0.25, 0.3) is 0 Å². The highest BCUT2D eigenvalue weighted by Crippen LogP contribution is 2.22. The van der Waals surface area contributed by atoms with E-state index in [2.05, 4.69) is 10.6 Å². The molecule has 0 radical (unpaired) electrons. The van der Waals surface area contributed by atoms with Crippen molar-refractivity contribution in [2.45, 2.75) is 18.9 Å². The summed E-state index contributed by atoms with van der Waals surface area (Å²) < 4.78 is 5.16. The van der Waals surface area contributed by atoms with Crippen LogP contribution in [0, 0.1) is 0 Å². The van der Waals surface area contributed by atoms with Gasteiger partial charge in [-0.1, -0.05) is 11.6 Å². The third-order valence-corrected chi connectivity index (χ3v) is 3.31. The van der Waals surface area contributed by atoms with E-state index in [0.29, 0.717) is 28.9 Å². The van der Waals surface area contributed by atoms with E-state index in [1.165, 1.54) is 6.42 Å². The fourth-order valence-corrected chi connectivity index (χ4v) is 2.27. The fraction of sp³-hybridized carbons (Fsp3) is 0.462. The van der Waals surface area contributed by atoms with Crippen LogP contribution in [-0.4, -0.2) is 32.1 Å². The van der Waals surface area contributed by atoms with Crippen LogP contribution in [0.1, 0.15) is 23.2 Å². The van der Waals surface area contributed by atoms with Gasteiger partial charge in [0, 0.05) is 17.6 Å². The summed E-state index contributed by atoms with van der Waals surface area (Å²) in [5.41, 5.74) is 0.475. The Morgan fingerprint density at radius 3 is 3.11 bits per heavy atom. The second kappa shape index (κ2) is 6.07. The van der Waals surface area contributed by atoms with Gasteiger partial charge in [0.1, 0.15) is 5.75 Å². The predicted molar refractivity (Wildman–Crippen MR) is 71.4 cm³/mol. The van der Waals surface area contributed by atoms with Gasteiger partial charge in [-0.3, -0.25) is 4.79 Å². The molecule has 1 aliphatic heterocycles. The Hall–Kier alpha value is -1.26. The van der Waals surface area contributed by atoms with Gasteiger partial charge in [0.2, 0.25) is 0 Å². The van der Waals surface area contributed by atoms with Crippen LogP contribution in [0.3, 0.4) is 0 Å². The van der Waals surface area contributed by atoms with Crippen LogP contribution < -0.4 is 15.4 Å². The van der Waals surface area contributed by atoms with Gasteiger partial charge in [-0.2, -0.15) is 0 Å². The second-order valence-electron chi connectivity index (χ2n) is 4.35. The fourth-order valence-electron chi connectivity index (χ4n) is 2.10.